The van der Waals surface area contributed by atoms with E-state index in [9.17, 15) is 5.11 Å². The van der Waals surface area contributed by atoms with Gasteiger partial charge in [0.1, 0.15) is 0 Å². The second-order valence-electron chi connectivity index (χ2n) is 2.29. The first-order valence-corrected chi connectivity index (χ1v) is 3.37. The van der Waals surface area contributed by atoms with Crippen molar-refractivity contribution >= 4 is 0 Å². The number of rotatable bonds is 4. The lowest BCUT2D eigenvalue weighted by molar-refractivity contribution is -0.0880. The van der Waals surface area contributed by atoms with Crippen molar-refractivity contribution in [2.24, 2.45) is 11.5 Å². The molecule has 0 fully saturated rings. The Balaban J connectivity index is 3.78. The molecule has 10 heavy (non-hydrogen) atoms. The molecule has 0 aliphatic heterocycles. The van der Waals surface area contributed by atoms with Crippen molar-refractivity contribution < 1.29 is 9.84 Å². The van der Waals surface area contributed by atoms with Crippen LogP contribution in [0.4, 0.5) is 0 Å². The van der Waals surface area contributed by atoms with Gasteiger partial charge in [0.15, 0.2) is 5.72 Å². The molecule has 0 spiro atoms. The molecular weight excluding hydrogens is 132 g/mol. The molecule has 0 bridgehead atoms. The number of hydrogen-bond acceptors (Lipinski definition) is 4. The SMILES string of the molecule is CCOC(C)C(N)(O)CN. The van der Waals surface area contributed by atoms with E-state index >= 15 is 0 Å². The number of nitrogens with two attached hydrogens (primary N) is 2. The average molecular weight is 148 g/mol. The third-order valence-electron chi connectivity index (χ3n) is 1.45. The Morgan fingerprint density at radius 2 is 2.20 bits per heavy atom. The van der Waals surface area contributed by atoms with Gasteiger partial charge in [-0.05, 0) is 13.8 Å². The molecule has 0 saturated carbocycles. The maximum atomic E-state index is 9.25. The first-order valence-electron chi connectivity index (χ1n) is 3.37. The van der Waals surface area contributed by atoms with Crippen molar-refractivity contribution in [1.29, 1.82) is 0 Å². The lowest BCUT2D eigenvalue weighted by Crippen LogP contribution is -2.56. The average Bonchev–Trinajstić information content (AvgIpc) is 1.89. The highest BCUT2D eigenvalue weighted by molar-refractivity contribution is 4.78. The van der Waals surface area contributed by atoms with Gasteiger partial charge in [-0.15, -0.1) is 0 Å². The largest absolute Gasteiger partial charge is 0.374 e. The summed E-state index contributed by atoms with van der Waals surface area (Å²) in [7, 11) is 0. The number of aliphatic hydroxyl groups is 1. The van der Waals surface area contributed by atoms with E-state index in [1.807, 2.05) is 6.92 Å². The van der Waals surface area contributed by atoms with Crippen LogP contribution in [0.15, 0.2) is 0 Å². The van der Waals surface area contributed by atoms with E-state index in [2.05, 4.69) is 0 Å². The predicted molar refractivity (Wildman–Crippen MR) is 39.3 cm³/mol. The van der Waals surface area contributed by atoms with Gasteiger partial charge in [0, 0.05) is 13.2 Å². The monoisotopic (exact) mass is 148 g/mol. The van der Waals surface area contributed by atoms with Crippen molar-refractivity contribution in [2.45, 2.75) is 25.7 Å². The van der Waals surface area contributed by atoms with Crippen LogP contribution < -0.4 is 11.5 Å². The van der Waals surface area contributed by atoms with Gasteiger partial charge in [0.2, 0.25) is 0 Å². The minimum atomic E-state index is -1.39. The van der Waals surface area contributed by atoms with Crippen molar-refractivity contribution in [3.05, 3.63) is 0 Å². The first kappa shape index (κ1) is 9.84. The van der Waals surface area contributed by atoms with Crippen LogP contribution in [-0.4, -0.2) is 30.1 Å². The molecule has 4 nitrogen and oxygen atoms in total. The zero-order valence-electron chi connectivity index (χ0n) is 6.50. The number of ether oxygens (including phenoxy) is 1. The molecule has 62 valence electrons. The molecule has 5 N–H and O–H groups in total. The van der Waals surface area contributed by atoms with Crippen molar-refractivity contribution in [1.82, 2.24) is 0 Å². The minimum absolute atomic E-state index is 0.00810. The fourth-order valence-electron chi connectivity index (χ4n) is 0.560. The van der Waals surface area contributed by atoms with Gasteiger partial charge in [0.05, 0.1) is 6.10 Å². The highest BCUT2D eigenvalue weighted by atomic mass is 16.5. The van der Waals surface area contributed by atoms with Crippen LogP contribution in [0, 0.1) is 0 Å². The molecule has 0 amide bonds. The van der Waals surface area contributed by atoms with E-state index in [1.54, 1.807) is 6.92 Å². The first-order chi connectivity index (χ1) is 4.54. The second-order valence-corrected chi connectivity index (χ2v) is 2.29. The minimum Gasteiger partial charge on any atom is -0.374 e. The summed E-state index contributed by atoms with van der Waals surface area (Å²) in [6, 6.07) is 0. The number of hydrogen-bond donors (Lipinski definition) is 3. The highest BCUT2D eigenvalue weighted by Gasteiger charge is 2.27. The van der Waals surface area contributed by atoms with Crippen molar-refractivity contribution in [2.75, 3.05) is 13.2 Å². The van der Waals surface area contributed by atoms with Crippen LogP contribution >= 0.6 is 0 Å². The fraction of sp³-hybridized carbons (Fsp3) is 1.00. The molecule has 2 atom stereocenters. The maximum Gasteiger partial charge on any atom is 0.151 e. The summed E-state index contributed by atoms with van der Waals surface area (Å²) >= 11 is 0. The Kier molecular flexibility index (Phi) is 3.81. The van der Waals surface area contributed by atoms with E-state index < -0.39 is 11.8 Å². The van der Waals surface area contributed by atoms with Crippen LogP contribution in [0.3, 0.4) is 0 Å². The Morgan fingerprint density at radius 3 is 2.50 bits per heavy atom. The molecule has 0 saturated heterocycles. The van der Waals surface area contributed by atoms with Crippen molar-refractivity contribution in [3.63, 3.8) is 0 Å². The molecule has 0 aromatic rings. The Labute approximate surface area is 61.2 Å². The predicted octanol–water partition coefficient (Wildman–Crippen LogP) is -0.983. The molecule has 2 unspecified atom stereocenters. The fourth-order valence-corrected chi connectivity index (χ4v) is 0.560. The normalized spacial score (nSPS) is 20.1. The van der Waals surface area contributed by atoms with E-state index in [1.165, 1.54) is 0 Å². The summed E-state index contributed by atoms with van der Waals surface area (Å²) in [4.78, 5) is 0. The van der Waals surface area contributed by atoms with Gasteiger partial charge in [-0.2, -0.15) is 0 Å². The smallest absolute Gasteiger partial charge is 0.151 e. The highest BCUT2D eigenvalue weighted by Crippen LogP contribution is 2.04. The van der Waals surface area contributed by atoms with Gasteiger partial charge in [-0.25, -0.2) is 0 Å². The Bertz CT molecular complexity index is 95.7. The summed E-state index contributed by atoms with van der Waals surface area (Å²) < 4.78 is 5.04. The van der Waals surface area contributed by atoms with E-state index in [0.29, 0.717) is 6.61 Å². The molecule has 0 aromatic carbocycles. The van der Waals surface area contributed by atoms with E-state index in [4.69, 9.17) is 16.2 Å². The van der Waals surface area contributed by atoms with E-state index in [0.717, 1.165) is 0 Å². The van der Waals surface area contributed by atoms with E-state index in [-0.39, 0.29) is 6.54 Å². The molecular formula is C6H16N2O2. The summed E-state index contributed by atoms with van der Waals surface area (Å²) in [5.41, 5.74) is 9.14. The lowest BCUT2D eigenvalue weighted by atomic mass is 10.1. The van der Waals surface area contributed by atoms with Crippen LogP contribution in [0.5, 0.6) is 0 Å². The van der Waals surface area contributed by atoms with Gasteiger partial charge in [-0.1, -0.05) is 0 Å². The zero-order valence-corrected chi connectivity index (χ0v) is 6.50. The van der Waals surface area contributed by atoms with Gasteiger partial charge < -0.3 is 21.3 Å². The Morgan fingerprint density at radius 1 is 1.70 bits per heavy atom. The topological polar surface area (TPSA) is 81.5 Å². The van der Waals surface area contributed by atoms with Crippen LogP contribution in [0.1, 0.15) is 13.8 Å². The molecule has 0 heterocycles. The quantitative estimate of drug-likeness (QED) is 0.447. The standard InChI is InChI=1S/C6H16N2O2/c1-3-10-5(2)6(8,9)4-7/h5,9H,3-4,7-8H2,1-2H3. The molecule has 0 aliphatic carbocycles. The third kappa shape index (κ3) is 2.62. The summed E-state index contributed by atoms with van der Waals surface area (Å²) in [6.07, 6.45) is -0.414. The zero-order chi connectivity index (χ0) is 8.20. The summed E-state index contributed by atoms with van der Waals surface area (Å²) in [6.45, 7) is 4.06. The second kappa shape index (κ2) is 3.88. The summed E-state index contributed by atoms with van der Waals surface area (Å²) in [5, 5.41) is 9.25. The van der Waals surface area contributed by atoms with Crippen LogP contribution in [-0.2, 0) is 4.74 Å². The molecule has 0 aliphatic rings. The summed E-state index contributed by atoms with van der Waals surface area (Å²) in [5.74, 6) is 0. The van der Waals surface area contributed by atoms with Gasteiger partial charge in [-0.3, -0.25) is 0 Å². The van der Waals surface area contributed by atoms with Crippen LogP contribution in [0.2, 0.25) is 0 Å². The van der Waals surface area contributed by atoms with Gasteiger partial charge in [0.25, 0.3) is 0 Å². The molecule has 4 heteroatoms. The van der Waals surface area contributed by atoms with Crippen LogP contribution in [0.25, 0.3) is 0 Å². The van der Waals surface area contributed by atoms with Crippen molar-refractivity contribution in [3.8, 4) is 0 Å². The Hall–Kier alpha value is -0.160. The third-order valence-corrected chi connectivity index (χ3v) is 1.45. The molecule has 0 aromatic heterocycles. The molecule has 0 rings (SSSR count). The lowest BCUT2D eigenvalue weighted by Gasteiger charge is -2.27. The molecule has 0 radical (unpaired) electrons. The maximum absolute atomic E-state index is 9.25. The van der Waals surface area contributed by atoms with Gasteiger partial charge >= 0.3 is 0 Å².